The van der Waals surface area contributed by atoms with Gasteiger partial charge in [-0.3, -0.25) is 4.79 Å². The van der Waals surface area contributed by atoms with Gasteiger partial charge in [-0.1, -0.05) is 17.3 Å². The van der Waals surface area contributed by atoms with Crippen molar-refractivity contribution in [3.05, 3.63) is 65.8 Å². The summed E-state index contributed by atoms with van der Waals surface area (Å²) in [5.74, 6) is 1.49. The van der Waals surface area contributed by atoms with Crippen LogP contribution in [0.5, 0.6) is 0 Å². The van der Waals surface area contributed by atoms with Crippen molar-refractivity contribution in [1.29, 1.82) is 0 Å². The van der Waals surface area contributed by atoms with E-state index in [2.05, 4.69) is 20.4 Å². The van der Waals surface area contributed by atoms with Gasteiger partial charge in [0.05, 0.1) is 24.9 Å². The third-order valence-electron chi connectivity index (χ3n) is 4.63. The van der Waals surface area contributed by atoms with Gasteiger partial charge < -0.3 is 14.6 Å². The van der Waals surface area contributed by atoms with Crippen molar-refractivity contribution in [2.45, 2.75) is 19.4 Å². The fourth-order valence-electron chi connectivity index (χ4n) is 3.20. The standard InChI is InChI=1S/C20H20N4O3/c1-13-9-17(27-24-13)10-16-11-26-12-18(16)23-20(25)15-5-3-14(4-6-15)19-21-7-2-8-22-19/h2-9,16,18H,10-12H2,1H3,(H,23,25)/t16-,18+/m1/s1. The van der Waals surface area contributed by atoms with Crippen molar-refractivity contribution in [3.63, 3.8) is 0 Å². The van der Waals surface area contributed by atoms with Crippen molar-refractivity contribution < 1.29 is 14.1 Å². The average molecular weight is 364 g/mol. The van der Waals surface area contributed by atoms with Crippen LogP contribution in [0.4, 0.5) is 0 Å². The summed E-state index contributed by atoms with van der Waals surface area (Å²) in [6, 6.07) is 10.9. The first-order chi connectivity index (χ1) is 13.2. The number of rotatable bonds is 5. The number of hydrogen-bond donors (Lipinski definition) is 1. The van der Waals surface area contributed by atoms with Gasteiger partial charge in [-0.15, -0.1) is 0 Å². The summed E-state index contributed by atoms with van der Waals surface area (Å²) >= 11 is 0. The Bertz CT molecular complexity index is 908. The van der Waals surface area contributed by atoms with Gasteiger partial charge in [0.25, 0.3) is 5.91 Å². The van der Waals surface area contributed by atoms with E-state index in [1.165, 1.54) is 0 Å². The van der Waals surface area contributed by atoms with Crippen molar-refractivity contribution in [2.24, 2.45) is 5.92 Å². The highest BCUT2D eigenvalue weighted by atomic mass is 16.5. The Labute approximate surface area is 156 Å². The summed E-state index contributed by atoms with van der Waals surface area (Å²) in [5, 5.41) is 6.99. The first-order valence-corrected chi connectivity index (χ1v) is 8.87. The number of amides is 1. The highest BCUT2D eigenvalue weighted by Gasteiger charge is 2.31. The van der Waals surface area contributed by atoms with Crippen LogP contribution in [0.1, 0.15) is 21.8 Å². The molecule has 1 aliphatic heterocycles. The van der Waals surface area contributed by atoms with Gasteiger partial charge in [0.1, 0.15) is 5.76 Å². The van der Waals surface area contributed by atoms with Gasteiger partial charge in [-0.2, -0.15) is 0 Å². The zero-order valence-electron chi connectivity index (χ0n) is 15.0. The maximum Gasteiger partial charge on any atom is 0.251 e. The highest BCUT2D eigenvalue weighted by molar-refractivity contribution is 5.94. The molecule has 0 aliphatic carbocycles. The zero-order chi connectivity index (χ0) is 18.6. The second-order valence-corrected chi connectivity index (χ2v) is 6.67. The molecule has 0 unspecified atom stereocenters. The SMILES string of the molecule is Cc1cc(C[C@@H]2COC[C@@H]2NC(=O)c2ccc(-c3ncccn3)cc2)on1. The first kappa shape index (κ1) is 17.4. The molecule has 4 rings (SSSR count). The maximum atomic E-state index is 12.6. The minimum absolute atomic E-state index is 0.0555. The molecular formula is C20H20N4O3. The van der Waals surface area contributed by atoms with E-state index in [0.29, 0.717) is 31.0 Å². The Balaban J connectivity index is 1.40. The van der Waals surface area contributed by atoms with Gasteiger partial charge in [-0.25, -0.2) is 9.97 Å². The molecule has 2 aromatic heterocycles. The molecule has 1 N–H and O–H groups in total. The molecule has 0 saturated carbocycles. The van der Waals surface area contributed by atoms with Crippen LogP contribution in [-0.2, 0) is 11.2 Å². The summed E-state index contributed by atoms with van der Waals surface area (Å²) < 4.78 is 10.9. The lowest BCUT2D eigenvalue weighted by Crippen LogP contribution is -2.40. The molecule has 7 nitrogen and oxygen atoms in total. The lowest BCUT2D eigenvalue weighted by molar-refractivity contribution is 0.0924. The quantitative estimate of drug-likeness (QED) is 0.748. The van der Waals surface area contributed by atoms with Crippen LogP contribution in [0.2, 0.25) is 0 Å². The number of carbonyl (C=O) groups is 1. The molecule has 1 aromatic carbocycles. The normalized spacial score (nSPS) is 19.1. The van der Waals surface area contributed by atoms with Gasteiger partial charge in [-0.05, 0) is 25.1 Å². The van der Waals surface area contributed by atoms with Gasteiger partial charge in [0.2, 0.25) is 0 Å². The van der Waals surface area contributed by atoms with Crippen molar-refractivity contribution in [2.75, 3.05) is 13.2 Å². The predicted molar refractivity (Wildman–Crippen MR) is 98.0 cm³/mol. The van der Waals surface area contributed by atoms with E-state index in [4.69, 9.17) is 9.26 Å². The molecular weight excluding hydrogens is 344 g/mol. The topological polar surface area (TPSA) is 90.1 Å². The lowest BCUT2D eigenvalue weighted by Gasteiger charge is -2.18. The molecule has 0 bridgehead atoms. The Morgan fingerprint density at radius 2 is 1.96 bits per heavy atom. The summed E-state index contributed by atoms with van der Waals surface area (Å²) in [7, 11) is 0. The summed E-state index contributed by atoms with van der Waals surface area (Å²) in [4.78, 5) is 21.0. The molecule has 1 fully saturated rings. The maximum absolute atomic E-state index is 12.6. The number of benzene rings is 1. The Morgan fingerprint density at radius 3 is 2.67 bits per heavy atom. The Morgan fingerprint density at radius 1 is 1.19 bits per heavy atom. The van der Waals surface area contributed by atoms with E-state index in [1.54, 1.807) is 30.6 Å². The average Bonchev–Trinajstić information content (AvgIpc) is 3.31. The molecule has 3 aromatic rings. The van der Waals surface area contributed by atoms with Crippen LogP contribution >= 0.6 is 0 Å². The van der Waals surface area contributed by atoms with E-state index >= 15 is 0 Å². The zero-order valence-corrected chi connectivity index (χ0v) is 15.0. The number of nitrogens with one attached hydrogen (secondary N) is 1. The molecule has 7 heteroatoms. The molecule has 138 valence electrons. The van der Waals surface area contributed by atoms with Crippen LogP contribution in [0.3, 0.4) is 0 Å². The van der Waals surface area contributed by atoms with Crippen molar-refractivity contribution >= 4 is 5.91 Å². The molecule has 1 saturated heterocycles. The minimum Gasteiger partial charge on any atom is -0.379 e. The van der Waals surface area contributed by atoms with Crippen LogP contribution < -0.4 is 5.32 Å². The Kier molecular flexibility index (Phi) is 4.93. The second-order valence-electron chi connectivity index (χ2n) is 6.67. The monoisotopic (exact) mass is 364 g/mol. The summed E-state index contributed by atoms with van der Waals surface area (Å²) in [6.45, 7) is 2.98. The van der Waals surface area contributed by atoms with Crippen molar-refractivity contribution in [1.82, 2.24) is 20.4 Å². The largest absolute Gasteiger partial charge is 0.379 e. The number of nitrogens with zero attached hydrogens (tertiary/aromatic N) is 3. The molecule has 1 aliphatic rings. The van der Waals surface area contributed by atoms with E-state index < -0.39 is 0 Å². The number of aromatic nitrogens is 3. The molecule has 0 radical (unpaired) electrons. The number of aryl methyl sites for hydroxylation is 1. The van der Waals surface area contributed by atoms with Gasteiger partial charge in [0.15, 0.2) is 5.82 Å². The third-order valence-corrected chi connectivity index (χ3v) is 4.63. The number of ether oxygens (including phenoxy) is 1. The van der Waals surface area contributed by atoms with E-state index in [0.717, 1.165) is 17.0 Å². The third kappa shape index (κ3) is 4.03. The van der Waals surface area contributed by atoms with E-state index in [1.807, 2.05) is 25.1 Å². The van der Waals surface area contributed by atoms with E-state index in [9.17, 15) is 4.79 Å². The highest BCUT2D eigenvalue weighted by Crippen LogP contribution is 2.21. The number of carbonyl (C=O) groups excluding carboxylic acids is 1. The van der Waals surface area contributed by atoms with Gasteiger partial charge in [0, 0.05) is 41.9 Å². The number of hydrogen-bond acceptors (Lipinski definition) is 6. The molecule has 1 amide bonds. The summed E-state index contributed by atoms with van der Waals surface area (Å²) in [6.07, 6.45) is 4.08. The lowest BCUT2D eigenvalue weighted by atomic mass is 9.97. The minimum atomic E-state index is -0.121. The van der Waals surface area contributed by atoms with Crippen LogP contribution in [0, 0.1) is 12.8 Å². The molecule has 3 heterocycles. The van der Waals surface area contributed by atoms with Crippen LogP contribution in [0.15, 0.2) is 53.3 Å². The fraction of sp³-hybridized carbons (Fsp3) is 0.300. The second kappa shape index (κ2) is 7.67. The first-order valence-electron chi connectivity index (χ1n) is 8.87. The molecule has 0 spiro atoms. The summed E-state index contributed by atoms with van der Waals surface area (Å²) in [5.41, 5.74) is 2.32. The predicted octanol–water partition coefficient (Wildman–Crippen LogP) is 2.43. The van der Waals surface area contributed by atoms with Crippen LogP contribution in [-0.4, -0.2) is 40.3 Å². The van der Waals surface area contributed by atoms with Crippen molar-refractivity contribution in [3.8, 4) is 11.4 Å². The fourth-order valence-corrected chi connectivity index (χ4v) is 3.20. The van der Waals surface area contributed by atoms with Gasteiger partial charge >= 0.3 is 0 Å². The smallest absolute Gasteiger partial charge is 0.251 e. The van der Waals surface area contributed by atoms with Crippen LogP contribution in [0.25, 0.3) is 11.4 Å². The molecule has 2 atom stereocenters. The molecule has 27 heavy (non-hydrogen) atoms. The Hall–Kier alpha value is -3.06. The van der Waals surface area contributed by atoms with E-state index in [-0.39, 0.29) is 17.9 Å².